The van der Waals surface area contributed by atoms with Crippen molar-refractivity contribution in [2.75, 3.05) is 0 Å². The van der Waals surface area contributed by atoms with Crippen LogP contribution in [-0.2, 0) is 0 Å². The summed E-state index contributed by atoms with van der Waals surface area (Å²) in [6, 6.07) is 4.14. The molecule has 0 saturated carbocycles. The van der Waals surface area contributed by atoms with Crippen LogP contribution < -0.4 is 0 Å². The topological polar surface area (TPSA) is 12.4 Å². The zero-order chi connectivity index (χ0) is 13.9. The molecular weight excluding hydrogens is 300 g/mol. The van der Waals surface area contributed by atoms with E-state index in [2.05, 4.69) is 16.6 Å². The maximum Gasteiger partial charge on any atom is 0.370 e. The molecule has 0 fully saturated rings. The molecule has 1 nitrogen and oxygen atoms in total. The monoisotopic (exact) mass is 303 g/mol. The number of alkyl halides is 3. The fraction of sp³-hybridized carbons (Fsp3) is 0.100. The average molecular weight is 304 g/mol. The SMILES string of the molecule is FC(F)=C(N=C(Cl)c1ccc(F)cc1)C(F)(F)Cl. The third-order valence-corrected chi connectivity index (χ3v) is 2.22. The van der Waals surface area contributed by atoms with Crippen LogP contribution >= 0.6 is 23.2 Å². The molecule has 0 bridgehead atoms. The molecule has 0 amide bonds. The Labute approximate surface area is 109 Å². The Hall–Kier alpha value is -1.14. The van der Waals surface area contributed by atoms with Crippen molar-refractivity contribution in [3.8, 4) is 0 Å². The third-order valence-electron chi connectivity index (χ3n) is 1.74. The normalized spacial score (nSPS) is 12.5. The fourth-order valence-corrected chi connectivity index (χ4v) is 1.29. The third kappa shape index (κ3) is 3.96. The second kappa shape index (κ2) is 5.67. The van der Waals surface area contributed by atoms with Crippen LogP contribution in [-0.4, -0.2) is 10.6 Å². The van der Waals surface area contributed by atoms with E-state index in [0.29, 0.717) is 0 Å². The lowest BCUT2D eigenvalue weighted by molar-refractivity contribution is 0.128. The molecule has 8 heteroatoms. The maximum atomic E-state index is 12.6. The van der Waals surface area contributed by atoms with Crippen LogP contribution in [0.4, 0.5) is 22.0 Å². The minimum Gasteiger partial charge on any atom is -0.227 e. The summed E-state index contributed by atoms with van der Waals surface area (Å²) in [5, 5.41) is -5.00. The summed E-state index contributed by atoms with van der Waals surface area (Å²) in [6.07, 6.45) is -2.75. The van der Waals surface area contributed by atoms with E-state index < -0.39 is 28.1 Å². The number of aliphatic imine (C=N–C) groups is 1. The lowest BCUT2D eigenvalue weighted by Crippen LogP contribution is -2.11. The van der Waals surface area contributed by atoms with Crippen molar-refractivity contribution < 1.29 is 22.0 Å². The molecule has 0 aliphatic rings. The molecule has 98 valence electrons. The van der Waals surface area contributed by atoms with E-state index >= 15 is 0 Å². The van der Waals surface area contributed by atoms with Gasteiger partial charge in [0.1, 0.15) is 11.0 Å². The van der Waals surface area contributed by atoms with Gasteiger partial charge >= 0.3 is 5.38 Å². The summed E-state index contributed by atoms with van der Waals surface area (Å²) in [5.74, 6) is -0.599. The Bertz CT molecular complexity index is 486. The Morgan fingerprint density at radius 3 is 2.00 bits per heavy atom. The highest BCUT2D eigenvalue weighted by atomic mass is 35.5. The van der Waals surface area contributed by atoms with Gasteiger partial charge in [-0.25, -0.2) is 9.38 Å². The molecule has 1 rings (SSSR count). The maximum absolute atomic E-state index is 12.6. The van der Waals surface area contributed by atoms with E-state index in [1.165, 1.54) is 0 Å². The first-order valence-electron chi connectivity index (χ1n) is 4.34. The summed E-state index contributed by atoms with van der Waals surface area (Å²) in [4.78, 5) is 2.85. The van der Waals surface area contributed by atoms with Crippen LogP contribution in [0.1, 0.15) is 5.56 Å². The summed E-state index contributed by atoms with van der Waals surface area (Å²) in [5.41, 5.74) is -1.95. The van der Waals surface area contributed by atoms with E-state index in [1.807, 2.05) is 0 Å². The van der Waals surface area contributed by atoms with Crippen molar-refractivity contribution >= 4 is 28.4 Å². The van der Waals surface area contributed by atoms with Crippen LogP contribution in [0.25, 0.3) is 0 Å². The Morgan fingerprint density at radius 1 is 1.11 bits per heavy atom. The van der Waals surface area contributed by atoms with Gasteiger partial charge in [0.05, 0.1) is 0 Å². The van der Waals surface area contributed by atoms with Gasteiger partial charge in [0.15, 0.2) is 5.70 Å². The molecule has 0 unspecified atom stereocenters. The molecule has 0 aliphatic heterocycles. The van der Waals surface area contributed by atoms with E-state index in [0.717, 1.165) is 24.3 Å². The Kier molecular flexibility index (Phi) is 4.70. The van der Waals surface area contributed by atoms with Crippen LogP contribution in [0.2, 0.25) is 0 Å². The minimum absolute atomic E-state index is 0.00210. The zero-order valence-electron chi connectivity index (χ0n) is 8.40. The predicted octanol–water partition coefficient (Wildman–Crippen LogP) is 4.75. The van der Waals surface area contributed by atoms with Gasteiger partial charge in [0.25, 0.3) is 6.08 Å². The lowest BCUT2D eigenvalue weighted by atomic mass is 10.2. The van der Waals surface area contributed by atoms with Gasteiger partial charge in [-0.3, -0.25) is 0 Å². The van der Waals surface area contributed by atoms with Gasteiger partial charge in [-0.15, -0.1) is 0 Å². The summed E-state index contributed by atoms with van der Waals surface area (Å²) in [7, 11) is 0. The molecule has 0 radical (unpaired) electrons. The first-order valence-corrected chi connectivity index (χ1v) is 5.10. The Balaban J connectivity index is 3.16. The van der Waals surface area contributed by atoms with Crippen molar-refractivity contribution in [3.05, 3.63) is 47.4 Å². The number of hydrogen-bond acceptors (Lipinski definition) is 1. The number of rotatable bonds is 3. The largest absolute Gasteiger partial charge is 0.370 e. The number of halogens is 7. The highest BCUT2D eigenvalue weighted by Crippen LogP contribution is 2.33. The van der Waals surface area contributed by atoms with Crippen LogP contribution in [0.15, 0.2) is 41.0 Å². The van der Waals surface area contributed by atoms with E-state index in [1.54, 1.807) is 0 Å². The molecule has 0 aliphatic carbocycles. The number of nitrogens with zero attached hydrogens (tertiary/aromatic N) is 1. The quantitative estimate of drug-likeness (QED) is 0.434. The molecule has 1 aromatic carbocycles. The molecule has 18 heavy (non-hydrogen) atoms. The average Bonchev–Trinajstić information content (AvgIpc) is 2.24. The molecule has 0 N–H and O–H groups in total. The highest BCUT2D eigenvalue weighted by Gasteiger charge is 2.36. The summed E-state index contributed by atoms with van der Waals surface area (Å²) >= 11 is 9.93. The van der Waals surface area contributed by atoms with Crippen LogP contribution in [0, 0.1) is 5.82 Å². The molecule has 0 heterocycles. The number of allylic oxidation sites excluding steroid dienone is 1. The molecule has 1 aromatic rings. The van der Waals surface area contributed by atoms with Gasteiger partial charge in [-0.1, -0.05) is 11.6 Å². The van der Waals surface area contributed by atoms with Gasteiger partial charge in [-0.2, -0.15) is 17.6 Å². The van der Waals surface area contributed by atoms with Crippen molar-refractivity contribution in [2.24, 2.45) is 4.99 Å². The summed E-state index contributed by atoms with van der Waals surface area (Å²) < 4.78 is 62.2. The Morgan fingerprint density at radius 2 is 1.61 bits per heavy atom. The van der Waals surface area contributed by atoms with Gasteiger partial charge in [0.2, 0.25) is 0 Å². The van der Waals surface area contributed by atoms with E-state index in [-0.39, 0.29) is 5.56 Å². The molecule has 0 saturated heterocycles. The number of hydrogen-bond donors (Lipinski definition) is 0. The molecule has 0 aromatic heterocycles. The first-order chi connectivity index (χ1) is 8.21. The predicted molar refractivity (Wildman–Crippen MR) is 58.8 cm³/mol. The molecular formula is C10H4Cl2F5N. The highest BCUT2D eigenvalue weighted by molar-refractivity contribution is 6.69. The second-order valence-corrected chi connectivity index (χ2v) is 3.85. The van der Waals surface area contributed by atoms with E-state index in [9.17, 15) is 22.0 Å². The fourth-order valence-electron chi connectivity index (χ4n) is 0.963. The first kappa shape index (κ1) is 14.9. The second-order valence-electron chi connectivity index (χ2n) is 3.02. The van der Waals surface area contributed by atoms with E-state index in [4.69, 9.17) is 11.6 Å². The van der Waals surface area contributed by atoms with Crippen LogP contribution in [0.5, 0.6) is 0 Å². The van der Waals surface area contributed by atoms with Crippen molar-refractivity contribution in [3.63, 3.8) is 0 Å². The van der Waals surface area contributed by atoms with Gasteiger partial charge < -0.3 is 0 Å². The van der Waals surface area contributed by atoms with Crippen molar-refractivity contribution in [1.82, 2.24) is 0 Å². The lowest BCUT2D eigenvalue weighted by Gasteiger charge is -2.07. The number of benzene rings is 1. The van der Waals surface area contributed by atoms with Gasteiger partial charge in [-0.05, 0) is 35.9 Å². The van der Waals surface area contributed by atoms with Crippen LogP contribution in [0.3, 0.4) is 0 Å². The van der Waals surface area contributed by atoms with Crippen molar-refractivity contribution in [1.29, 1.82) is 0 Å². The molecule has 0 spiro atoms. The van der Waals surface area contributed by atoms with Gasteiger partial charge in [0, 0.05) is 5.56 Å². The minimum atomic E-state index is -4.35. The zero-order valence-corrected chi connectivity index (χ0v) is 9.91. The smallest absolute Gasteiger partial charge is 0.227 e. The summed E-state index contributed by atoms with van der Waals surface area (Å²) in [6.45, 7) is 0. The molecule has 0 atom stereocenters. The standard InChI is InChI=1S/C10H4Cl2F5N/c11-8(5-1-3-6(13)4-2-5)18-7(9(14)15)10(12,16)17/h1-4H. The van der Waals surface area contributed by atoms with Crippen molar-refractivity contribution in [2.45, 2.75) is 5.38 Å².